The van der Waals surface area contributed by atoms with Crippen LogP contribution in [0.25, 0.3) is 0 Å². The van der Waals surface area contributed by atoms with Crippen molar-refractivity contribution in [2.45, 2.75) is 43.4 Å². The number of aromatic nitrogens is 2. The van der Waals surface area contributed by atoms with Crippen LogP contribution in [-0.2, 0) is 19.7 Å². The van der Waals surface area contributed by atoms with Crippen molar-refractivity contribution in [2.24, 2.45) is 0 Å². The number of nitrogens with one attached hydrogen (secondary N) is 3. The van der Waals surface area contributed by atoms with Gasteiger partial charge in [-0.3, -0.25) is 0 Å². The van der Waals surface area contributed by atoms with Crippen molar-refractivity contribution in [1.29, 1.82) is 0 Å². The van der Waals surface area contributed by atoms with Crippen molar-refractivity contribution in [3.63, 3.8) is 0 Å². The van der Waals surface area contributed by atoms with Gasteiger partial charge >= 0.3 is 0 Å². The van der Waals surface area contributed by atoms with Crippen LogP contribution in [0.1, 0.15) is 12.8 Å². The van der Waals surface area contributed by atoms with Gasteiger partial charge in [0.05, 0.1) is 31.4 Å². The Kier molecular flexibility index (Phi) is 8.10. The fourth-order valence-corrected chi connectivity index (χ4v) is 9.92. The zero-order valence-electron chi connectivity index (χ0n) is 19.0. The summed E-state index contributed by atoms with van der Waals surface area (Å²) in [4.78, 5) is 8.94. The quantitative estimate of drug-likeness (QED) is 0.351. The van der Waals surface area contributed by atoms with E-state index in [1.54, 1.807) is 24.4 Å². The Morgan fingerprint density at radius 3 is 2.73 bits per heavy atom. The number of hydrogen-bond acceptors (Lipinski definition) is 8. The predicted molar refractivity (Wildman–Crippen MR) is 141 cm³/mol. The second kappa shape index (κ2) is 10.3. The molecule has 182 valence electrons. The van der Waals surface area contributed by atoms with Gasteiger partial charge in [-0.25, -0.2) is 17.6 Å². The lowest BCUT2D eigenvalue weighted by Gasteiger charge is -2.19. The molecule has 13 heteroatoms. The van der Waals surface area contributed by atoms with Crippen molar-refractivity contribution in [3.05, 3.63) is 28.9 Å². The Hall–Kier alpha value is -1.67. The minimum Gasteiger partial charge on any atom is -0.492 e. The first kappa shape index (κ1) is 25.9. The van der Waals surface area contributed by atoms with Gasteiger partial charge in [0.1, 0.15) is 11.6 Å². The summed E-state index contributed by atoms with van der Waals surface area (Å²) in [7, 11) is -8.74. The van der Waals surface area contributed by atoms with E-state index in [1.165, 1.54) is 0 Å². The number of fused-ring (bicyclic) bond motifs is 4. The first-order valence-electron chi connectivity index (χ1n) is 10.5. The Labute approximate surface area is 205 Å². The second-order valence-corrected chi connectivity index (χ2v) is 19.6. The average molecular weight is 577 g/mol. The zero-order chi connectivity index (χ0) is 24.3. The fraction of sp³-hybridized carbons (Fsp3) is 0.450. The molecule has 2 aromatic rings. The van der Waals surface area contributed by atoms with Gasteiger partial charge in [-0.05, 0) is 52.8 Å². The maximum absolute atomic E-state index is 13.4. The Balaban J connectivity index is 1.91. The normalized spacial score (nSPS) is 16.6. The summed E-state index contributed by atoms with van der Waals surface area (Å²) in [6.07, 6.45) is 3.21. The number of halogens is 1. The van der Waals surface area contributed by atoms with Gasteiger partial charge in [0, 0.05) is 32.6 Å². The van der Waals surface area contributed by atoms with Crippen molar-refractivity contribution >= 4 is 67.1 Å². The minimum absolute atomic E-state index is 0.0820. The van der Waals surface area contributed by atoms with Crippen LogP contribution < -0.4 is 19.5 Å². The Morgan fingerprint density at radius 1 is 1.24 bits per heavy atom. The van der Waals surface area contributed by atoms with Gasteiger partial charge in [0.15, 0.2) is 0 Å². The summed E-state index contributed by atoms with van der Waals surface area (Å²) in [6, 6.07) is 5.45. The van der Waals surface area contributed by atoms with Crippen LogP contribution in [0.3, 0.4) is 0 Å². The topological polar surface area (TPSA) is 122 Å². The molecule has 1 aromatic carbocycles. The van der Waals surface area contributed by atoms with E-state index in [4.69, 9.17) is 4.74 Å². The first-order chi connectivity index (χ1) is 15.3. The molecular weight excluding hydrogens is 546 g/mol. The molecule has 33 heavy (non-hydrogen) atoms. The lowest BCUT2D eigenvalue weighted by atomic mass is 10.3. The highest BCUT2D eigenvalue weighted by molar-refractivity contribution is 9.10. The van der Waals surface area contributed by atoms with Crippen molar-refractivity contribution in [2.75, 3.05) is 29.5 Å². The summed E-state index contributed by atoms with van der Waals surface area (Å²) in [5.74, 6) is 4.99. The molecule has 1 aliphatic rings. The van der Waals surface area contributed by atoms with Crippen LogP contribution in [0.5, 0.6) is 5.75 Å². The Bertz CT molecular complexity index is 1220. The Morgan fingerprint density at radius 2 is 2.00 bits per heavy atom. The zero-order valence-corrected chi connectivity index (χ0v) is 23.2. The van der Waals surface area contributed by atoms with E-state index < -0.39 is 27.8 Å². The minimum atomic E-state index is -3.78. The fourth-order valence-electron chi connectivity index (χ4n) is 3.00. The molecular formula is C20H30BrN5O4S2Si. The van der Waals surface area contributed by atoms with Crippen LogP contribution in [0.4, 0.5) is 17.5 Å². The smallest absolute Gasteiger partial charge is 0.229 e. The van der Waals surface area contributed by atoms with Crippen molar-refractivity contribution in [1.82, 2.24) is 14.1 Å². The third kappa shape index (κ3) is 7.67. The molecule has 0 aliphatic carbocycles. The van der Waals surface area contributed by atoms with E-state index in [9.17, 15) is 12.6 Å². The first-order valence-corrected chi connectivity index (χ1v) is 18.4. The van der Waals surface area contributed by atoms with E-state index in [2.05, 4.69) is 66.2 Å². The maximum atomic E-state index is 13.4. The van der Waals surface area contributed by atoms with Gasteiger partial charge in [0.25, 0.3) is 0 Å². The predicted octanol–water partition coefficient (Wildman–Crippen LogP) is 3.82. The van der Waals surface area contributed by atoms with Gasteiger partial charge in [0.2, 0.25) is 16.0 Å². The third-order valence-corrected chi connectivity index (χ3v) is 11.4. The highest BCUT2D eigenvalue weighted by Gasteiger charge is 2.24. The molecule has 2 heterocycles. The molecule has 3 rings (SSSR count). The van der Waals surface area contributed by atoms with Crippen LogP contribution >= 0.6 is 15.9 Å². The maximum Gasteiger partial charge on any atom is 0.229 e. The van der Waals surface area contributed by atoms with Crippen LogP contribution in [-0.4, -0.2) is 55.4 Å². The summed E-state index contributed by atoms with van der Waals surface area (Å²) in [6.45, 7) is 7.33. The number of ether oxygens (including phenoxy) is 1. The number of sulfonamides is 1. The molecule has 1 aromatic heterocycles. The lowest BCUT2D eigenvalue weighted by Crippen LogP contribution is -2.35. The molecule has 0 fully saturated rings. The summed E-state index contributed by atoms with van der Waals surface area (Å²) >= 11 is 3.44. The SMILES string of the molecule is C=S(=O)(NS(=O)(=O)CC[Si](C)(C)C)c1ccc2cc1OCCCCNc1nc(ncc1Br)N2. The van der Waals surface area contributed by atoms with Crippen molar-refractivity contribution in [3.8, 4) is 5.75 Å². The third-order valence-electron chi connectivity index (χ3n) is 4.80. The molecule has 3 N–H and O–H groups in total. The number of anilines is 3. The van der Waals surface area contributed by atoms with Gasteiger partial charge in [-0.2, -0.15) is 4.98 Å². The molecule has 0 radical (unpaired) electrons. The van der Waals surface area contributed by atoms with Crippen LogP contribution in [0.2, 0.25) is 25.7 Å². The monoisotopic (exact) mass is 575 g/mol. The summed E-state index contributed by atoms with van der Waals surface area (Å²) < 4.78 is 47.7. The highest BCUT2D eigenvalue weighted by atomic mass is 79.9. The standard InChI is InChI=1S/C20H30BrN5O4S2Si/c1-31(27,26-32(28,29)11-12-33(2,3)4)18-8-7-15-13-17(18)30-10-6-5-9-22-19-16(21)14-23-20(24-15)25-19/h7-8,13-14H,1,5-6,9-12H2,2-4H3,(H,26,27)(H2,22,23,24,25). The van der Waals surface area contributed by atoms with Crippen molar-refractivity contribution < 1.29 is 17.4 Å². The van der Waals surface area contributed by atoms with E-state index >= 15 is 0 Å². The molecule has 0 saturated heterocycles. The molecule has 1 aliphatic heterocycles. The summed E-state index contributed by atoms with van der Waals surface area (Å²) in [5, 5.41) is 6.36. The average Bonchev–Trinajstić information content (AvgIpc) is 2.70. The highest BCUT2D eigenvalue weighted by Crippen LogP contribution is 2.30. The lowest BCUT2D eigenvalue weighted by molar-refractivity contribution is 0.301. The van der Waals surface area contributed by atoms with Crippen LogP contribution in [0.15, 0.2) is 33.8 Å². The number of rotatable bonds is 6. The molecule has 0 amide bonds. The molecule has 4 bridgehead atoms. The van der Waals surface area contributed by atoms with Crippen LogP contribution in [0, 0.1) is 0 Å². The van der Waals surface area contributed by atoms with E-state index in [1.807, 2.05) is 0 Å². The van der Waals surface area contributed by atoms with Gasteiger partial charge in [-0.15, -0.1) is 4.13 Å². The number of nitrogens with zero attached hydrogens (tertiary/aromatic N) is 2. The van der Waals surface area contributed by atoms with Gasteiger partial charge in [-0.1, -0.05) is 19.6 Å². The number of benzene rings is 1. The molecule has 0 saturated carbocycles. The summed E-state index contributed by atoms with van der Waals surface area (Å²) in [5.41, 5.74) is 0.609. The molecule has 0 spiro atoms. The number of hydrogen-bond donors (Lipinski definition) is 3. The molecule has 1 unspecified atom stereocenters. The van der Waals surface area contributed by atoms with Gasteiger partial charge < -0.3 is 15.4 Å². The van der Waals surface area contributed by atoms with E-state index in [0.29, 0.717) is 42.4 Å². The van der Waals surface area contributed by atoms with E-state index in [-0.39, 0.29) is 10.6 Å². The molecule has 1 atom stereocenters. The van der Waals surface area contributed by atoms with E-state index in [0.717, 1.165) is 17.3 Å². The largest absolute Gasteiger partial charge is 0.492 e. The second-order valence-electron chi connectivity index (χ2n) is 9.05. The molecule has 9 nitrogen and oxygen atoms in total.